The maximum Gasteiger partial charge on any atom is 0.338 e. The molecule has 0 bridgehead atoms. The molecule has 0 saturated carbocycles. The molecule has 0 aliphatic carbocycles. The van der Waals surface area contributed by atoms with Crippen molar-refractivity contribution in [3.05, 3.63) is 102 Å². The number of hydrogen-bond donors (Lipinski definition) is 2. The van der Waals surface area contributed by atoms with Crippen LogP contribution in [0.25, 0.3) is 17.3 Å². The predicted molar refractivity (Wildman–Crippen MR) is 151 cm³/mol. The molecule has 0 spiro atoms. The third-order valence-corrected chi connectivity index (χ3v) is 7.62. The highest BCUT2D eigenvalue weighted by Gasteiger charge is 2.33. The molecule has 0 saturated heterocycles. The minimum Gasteiger partial charge on any atom is -0.497 e. The van der Waals surface area contributed by atoms with Gasteiger partial charge in [-0.25, -0.2) is 15.0 Å². The molecule has 210 valence electrons. The smallest absolute Gasteiger partial charge is 0.338 e. The number of benzene rings is 2. The van der Waals surface area contributed by atoms with Crippen molar-refractivity contribution >= 4 is 29.1 Å². The van der Waals surface area contributed by atoms with Crippen LogP contribution in [-0.4, -0.2) is 46.5 Å². The van der Waals surface area contributed by atoms with Crippen molar-refractivity contribution in [2.24, 2.45) is 4.99 Å². The van der Waals surface area contributed by atoms with E-state index in [-0.39, 0.29) is 22.8 Å². The van der Waals surface area contributed by atoms with Crippen LogP contribution in [0, 0.1) is 4.91 Å². The van der Waals surface area contributed by atoms with E-state index in [0.717, 1.165) is 0 Å². The van der Waals surface area contributed by atoms with Crippen LogP contribution in [0.3, 0.4) is 0 Å². The number of ether oxygens (including phenoxy) is 3. The molecule has 1 aliphatic heterocycles. The van der Waals surface area contributed by atoms with Gasteiger partial charge in [0, 0.05) is 29.1 Å². The molecule has 3 heterocycles. The zero-order valence-corrected chi connectivity index (χ0v) is 23.5. The van der Waals surface area contributed by atoms with Crippen LogP contribution in [-0.2, 0) is 9.53 Å². The molecule has 1 aliphatic rings. The van der Waals surface area contributed by atoms with E-state index in [1.54, 1.807) is 57.4 Å². The molecular weight excluding hydrogens is 548 g/mol. The van der Waals surface area contributed by atoms with Gasteiger partial charge in [-0.2, -0.15) is 0 Å². The maximum absolute atomic E-state index is 13.8. The lowest BCUT2D eigenvalue weighted by molar-refractivity contribution is -0.729. The number of esters is 1. The van der Waals surface area contributed by atoms with Gasteiger partial charge in [-0.15, -0.1) is 0 Å². The van der Waals surface area contributed by atoms with Gasteiger partial charge >= 0.3 is 11.7 Å². The number of aromatic amines is 1. The molecule has 2 N–H and O–H groups in total. The number of methoxy groups -OCH3 is 2. The average Bonchev–Trinajstić information content (AvgIpc) is 3.56. The van der Waals surface area contributed by atoms with Crippen molar-refractivity contribution in [3.63, 3.8) is 0 Å². The average molecular weight is 576 g/mol. The standard InChI is InChI=1S/C29H26N4O7S/c1-5-40-28(35)25-16(2)30-29-32(26(25)17-6-10-20(38-3)11-7-17)27(34)24(41-29)14-18-8-12-22(31-18)21-15-19(33(36)37)9-13-23(21)39-4/h6-15,26H,5H2,1-4H3,(H-,31,34,36,37)/p+1. The second-order valence-electron chi connectivity index (χ2n) is 9.06. The van der Waals surface area contributed by atoms with E-state index < -0.39 is 12.0 Å². The Balaban J connectivity index is 1.62. The first-order valence-corrected chi connectivity index (χ1v) is 13.4. The van der Waals surface area contributed by atoms with Gasteiger partial charge in [0.15, 0.2) is 4.80 Å². The topological polar surface area (TPSA) is 135 Å². The Hall–Kier alpha value is -4.97. The van der Waals surface area contributed by atoms with Crippen molar-refractivity contribution in [1.82, 2.24) is 9.55 Å². The lowest BCUT2D eigenvalue weighted by Gasteiger charge is -2.24. The van der Waals surface area contributed by atoms with Crippen molar-refractivity contribution in [1.29, 1.82) is 0 Å². The zero-order valence-electron chi connectivity index (χ0n) is 22.7. The third-order valence-electron chi connectivity index (χ3n) is 6.64. The number of fused-ring (bicyclic) bond motifs is 1. The molecule has 0 fully saturated rings. The number of H-pyrrole nitrogens is 1. The number of thiazole rings is 1. The van der Waals surface area contributed by atoms with E-state index in [2.05, 4.69) is 9.98 Å². The van der Waals surface area contributed by atoms with Gasteiger partial charge in [0.05, 0.1) is 47.6 Å². The van der Waals surface area contributed by atoms with Crippen LogP contribution in [0.2, 0.25) is 0 Å². The van der Waals surface area contributed by atoms with Crippen molar-refractivity contribution in [3.8, 4) is 22.8 Å². The molecule has 0 radical (unpaired) electrons. The fourth-order valence-corrected chi connectivity index (χ4v) is 5.75. The van der Waals surface area contributed by atoms with Crippen LogP contribution >= 0.6 is 11.3 Å². The van der Waals surface area contributed by atoms with Crippen molar-refractivity contribution in [2.75, 3.05) is 20.8 Å². The molecule has 2 aromatic heterocycles. The summed E-state index contributed by atoms with van der Waals surface area (Å²) in [4.78, 5) is 46.4. The molecule has 41 heavy (non-hydrogen) atoms. The number of aromatic nitrogens is 2. The molecule has 12 heteroatoms. The van der Waals surface area contributed by atoms with Crippen LogP contribution in [0.5, 0.6) is 11.5 Å². The molecule has 0 amide bonds. The highest BCUT2D eigenvalue weighted by molar-refractivity contribution is 7.07. The second kappa shape index (κ2) is 11.3. The van der Waals surface area contributed by atoms with E-state index in [4.69, 9.17) is 14.2 Å². The lowest BCUT2D eigenvalue weighted by Crippen LogP contribution is -2.39. The molecule has 1 unspecified atom stereocenters. The van der Waals surface area contributed by atoms with E-state index in [0.29, 0.717) is 54.6 Å². The second-order valence-corrected chi connectivity index (χ2v) is 10.1. The Kier molecular flexibility index (Phi) is 7.58. The number of nitrogens with one attached hydrogen (secondary N) is 1. The maximum atomic E-state index is 13.8. The van der Waals surface area contributed by atoms with Crippen molar-refractivity contribution < 1.29 is 29.1 Å². The summed E-state index contributed by atoms with van der Waals surface area (Å²) < 4.78 is 17.9. The Labute approximate surface area is 237 Å². The Bertz CT molecular complexity index is 1870. The number of rotatable bonds is 8. The summed E-state index contributed by atoms with van der Waals surface area (Å²) >= 11 is 1.20. The van der Waals surface area contributed by atoms with Gasteiger partial charge in [0.1, 0.15) is 11.5 Å². The summed E-state index contributed by atoms with van der Waals surface area (Å²) in [6, 6.07) is 14.5. The number of carbonyl (C=O) groups is 1. The Morgan fingerprint density at radius 1 is 1.15 bits per heavy atom. The summed E-state index contributed by atoms with van der Waals surface area (Å²) in [7, 11) is 3.07. The predicted octanol–water partition coefficient (Wildman–Crippen LogP) is 3.61. The first kappa shape index (κ1) is 27.6. The fraction of sp³-hybridized carbons (Fsp3) is 0.207. The summed E-state index contributed by atoms with van der Waals surface area (Å²) in [5.41, 5.74) is 2.97. The number of hydrogen-bond acceptors (Lipinski definition) is 8. The highest BCUT2D eigenvalue weighted by Crippen LogP contribution is 2.33. The van der Waals surface area contributed by atoms with Crippen LogP contribution in [0.15, 0.2) is 75.7 Å². The lowest BCUT2D eigenvalue weighted by atomic mass is 9.96. The SMILES string of the molecule is CCOC(=O)C1=C(C)N=c2s/c(=C\c3ccc(-c4cc([N+](=O)O)ccc4OC)[nH]3)c(=O)n2C1c1ccc(OC)cc1. The molecule has 1 atom stereocenters. The van der Waals surface area contributed by atoms with Gasteiger partial charge in [-0.3, -0.25) is 9.36 Å². The summed E-state index contributed by atoms with van der Waals surface area (Å²) in [6.07, 6.45) is 1.70. The van der Waals surface area contributed by atoms with Gasteiger partial charge in [0.25, 0.3) is 10.5 Å². The number of allylic oxidation sites excluding steroid dienone is 1. The van der Waals surface area contributed by atoms with Crippen molar-refractivity contribution in [2.45, 2.75) is 19.9 Å². The molecule has 5 rings (SSSR count). The fourth-order valence-electron chi connectivity index (χ4n) is 4.71. The summed E-state index contributed by atoms with van der Waals surface area (Å²) in [6.45, 7) is 3.64. The van der Waals surface area contributed by atoms with E-state index in [9.17, 15) is 19.7 Å². The highest BCUT2D eigenvalue weighted by atomic mass is 32.1. The number of nitrogens with zero attached hydrogens (tertiary/aromatic N) is 3. The minimum absolute atomic E-state index is 0.0385. The molecule has 11 nitrogen and oxygen atoms in total. The van der Waals surface area contributed by atoms with Gasteiger partial charge < -0.3 is 19.2 Å². The normalized spacial score (nSPS) is 14.8. The van der Waals surface area contributed by atoms with E-state index >= 15 is 0 Å². The van der Waals surface area contributed by atoms with Gasteiger partial charge in [-0.1, -0.05) is 23.5 Å². The Morgan fingerprint density at radius 3 is 2.56 bits per heavy atom. The minimum atomic E-state index is -0.738. The van der Waals surface area contributed by atoms with E-state index in [1.165, 1.54) is 35.1 Å². The summed E-state index contributed by atoms with van der Waals surface area (Å²) in [5.74, 6) is 0.601. The summed E-state index contributed by atoms with van der Waals surface area (Å²) in [5, 5.41) is 9.34. The largest absolute Gasteiger partial charge is 0.497 e. The first-order valence-electron chi connectivity index (χ1n) is 12.6. The quantitative estimate of drug-likeness (QED) is 0.242. The van der Waals surface area contributed by atoms with Crippen LogP contribution < -0.4 is 24.4 Å². The van der Waals surface area contributed by atoms with Gasteiger partial charge in [-0.05, 0) is 55.8 Å². The first-order chi connectivity index (χ1) is 19.7. The van der Waals surface area contributed by atoms with Crippen LogP contribution in [0.4, 0.5) is 5.69 Å². The van der Waals surface area contributed by atoms with E-state index in [1.807, 2.05) is 12.1 Å². The monoisotopic (exact) mass is 575 g/mol. The van der Waals surface area contributed by atoms with Gasteiger partial charge in [0.2, 0.25) is 0 Å². The third kappa shape index (κ3) is 5.16. The molecular formula is C29H27N4O7S+. The number of carbonyl (C=O) groups excluding carboxylic acids is 1. The molecule has 2 aromatic carbocycles. The van der Waals surface area contributed by atoms with Crippen LogP contribution in [0.1, 0.15) is 31.1 Å². The Morgan fingerprint density at radius 2 is 1.90 bits per heavy atom. The zero-order chi connectivity index (χ0) is 29.3. The molecule has 4 aromatic rings.